The van der Waals surface area contributed by atoms with Gasteiger partial charge in [0.1, 0.15) is 11.9 Å². The highest BCUT2D eigenvalue weighted by Crippen LogP contribution is 2.34. The molecule has 3 rings (SSSR count). The number of hydrogen-bond donors (Lipinski definition) is 0. The maximum atomic E-state index is 13.1. The maximum absolute atomic E-state index is 13.1. The lowest BCUT2D eigenvalue weighted by molar-refractivity contribution is 0.0297. The molecule has 5 heteroatoms. The van der Waals surface area contributed by atoms with Gasteiger partial charge in [-0.3, -0.25) is 4.79 Å². The largest absolute Gasteiger partial charge is 0.514 e. The summed E-state index contributed by atoms with van der Waals surface area (Å²) in [6.45, 7) is 9.94. The van der Waals surface area contributed by atoms with Gasteiger partial charge in [0, 0.05) is 25.7 Å². The van der Waals surface area contributed by atoms with Gasteiger partial charge in [-0.1, -0.05) is 39.3 Å². The Balaban J connectivity index is 1.97. The Morgan fingerprint density at radius 1 is 1.14 bits per heavy atom. The van der Waals surface area contributed by atoms with Crippen LogP contribution in [0.4, 0.5) is 4.79 Å². The molecule has 0 aliphatic carbocycles. The first-order valence-electron chi connectivity index (χ1n) is 10.2. The van der Waals surface area contributed by atoms with E-state index in [9.17, 15) is 9.59 Å². The van der Waals surface area contributed by atoms with Crippen molar-refractivity contribution in [3.8, 4) is 5.75 Å². The van der Waals surface area contributed by atoms with Crippen LogP contribution in [0.3, 0.4) is 0 Å². The van der Waals surface area contributed by atoms with E-state index in [4.69, 9.17) is 9.47 Å². The van der Waals surface area contributed by atoms with Crippen molar-refractivity contribution in [2.24, 2.45) is 5.92 Å². The van der Waals surface area contributed by atoms with E-state index in [2.05, 4.69) is 13.8 Å². The van der Waals surface area contributed by atoms with Crippen LogP contribution in [0.1, 0.15) is 51.2 Å². The molecule has 0 radical (unpaired) electrons. The van der Waals surface area contributed by atoms with Gasteiger partial charge in [0.05, 0.1) is 0 Å². The van der Waals surface area contributed by atoms with Crippen molar-refractivity contribution in [3.05, 3.63) is 51.7 Å². The number of rotatable bonds is 6. The minimum absolute atomic E-state index is 0.0342. The summed E-state index contributed by atoms with van der Waals surface area (Å²) in [7, 11) is 0. The Morgan fingerprint density at radius 2 is 1.86 bits per heavy atom. The van der Waals surface area contributed by atoms with Gasteiger partial charge in [0.2, 0.25) is 0 Å². The monoisotopic (exact) mass is 412 g/mol. The molecule has 0 aliphatic heterocycles. The van der Waals surface area contributed by atoms with Crippen molar-refractivity contribution in [1.82, 2.24) is 0 Å². The summed E-state index contributed by atoms with van der Waals surface area (Å²) in [5.41, 5.74) is 1.46. The van der Waals surface area contributed by atoms with Crippen molar-refractivity contribution in [2.45, 2.75) is 60.0 Å². The predicted octanol–water partition coefficient (Wildman–Crippen LogP) is 6.76. The Hall–Kier alpha value is -2.40. The van der Waals surface area contributed by atoms with Crippen molar-refractivity contribution in [1.29, 1.82) is 0 Å². The van der Waals surface area contributed by atoms with Gasteiger partial charge in [-0.2, -0.15) is 0 Å². The normalized spacial score (nSPS) is 13.4. The molecule has 2 atom stereocenters. The maximum Gasteiger partial charge on any atom is 0.514 e. The predicted molar refractivity (Wildman–Crippen MR) is 120 cm³/mol. The number of aryl methyl sites for hydroxylation is 2. The van der Waals surface area contributed by atoms with Crippen LogP contribution in [-0.2, 0) is 4.74 Å². The molecule has 0 bridgehead atoms. The molecular formula is C24H28O4S. The molecule has 2 aromatic carbocycles. The van der Waals surface area contributed by atoms with Gasteiger partial charge in [-0.05, 0) is 56.4 Å². The standard InChI is InChI=1S/C24H28O4S/c1-6-10-14(3)18(7-2)27-24(26)28-23-15(4)13-20-21(16(23)5)22(25)17-11-8-9-12-19(17)29-20/h8-9,11-14,18H,6-7,10H2,1-5H3. The van der Waals surface area contributed by atoms with Crippen LogP contribution >= 0.6 is 11.3 Å². The summed E-state index contributed by atoms with van der Waals surface area (Å²) in [6, 6.07) is 9.50. The summed E-state index contributed by atoms with van der Waals surface area (Å²) in [5.74, 6) is 0.692. The molecule has 4 nitrogen and oxygen atoms in total. The van der Waals surface area contributed by atoms with Gasteiger partial charge in [0.15, 0.2) is 5.43 Å². The molecule has 2 unspecified atom stereocenters. The van der Waals surface area contributed by atoms with E-state index in [1.54, 1.807) is 11.3 Å². The average Bonchev–Trinajstić information content (AvgIpc) is 2.69. The summed E-state index contributed by atoms with van der Waals surface area (Å²) >= 11 is 1.57. The van der Waals surface area contributed by atoms with Crippen molar-refractivity contribution in [3.63, 3.8) is 0 Å². The van der Waals surface area contributed by atoms with Gasteiger partial charge >= 0.3 is 6.16 Å². The van der Waals surface area contributed by atoms with Gasteiger partial charge in [-0.15, -0.1) is 11.3 Å². The molecular weight excluding hydrogens is 384 g/mol. The van der Waals surface area contributed by atoms with Crippen molar-refractivity contribution >= 4 is 37.7 Å². The van der Waals surface area contributed by atoms with Crippen LogP contribution in [0.5, 0.6) is 5.75 Å². The highest BCUT2D eigenvalue weighted by Gasteiger charge is 2.23. The number of fused-ring (bicyclic) bond motifs is 2. The number of carbonyl (C=O) groups excluding carboxylic acids is 1. The Labute approximate surface area is 175 Å². The number of carbonyl (C=O) groups is 1. The fourth-order valence-corrected chi connectivity index (χ4v) is 5.16. The molecule has 0 fully saturated rings. The first-order chi connectivity index (χ1) is 13.9. The molecule has 0 amide bonds. The number of hydrogen-bond acceptors (Lipinski definition) is 5. The van der Waals surface area contributed by atoms with E-state index in [1.807, 2.05) is 51.1 Å². The molecule has 0 N–H and O–H groups in total. The van der Waals surface area contributed by atoms with Crippen LogP contribution in [0, 0.1) is 19.8 Å². The second kappa shape index (κ2) is 8.95. The van der Waals surface area contributed by atoms with E-state index in [0.29, 0.717) is 22.1 Å². The summed E-state index contributed by atoms with van der Waals surface area (Å²) in [6.07, 6.45) is 1.89. The molecule has 0 saturated heterocycles. The van der Waals surface area contributed by atoms with Crippen LogP contribution in [0.15, 0.2) is 35.1 Å². The highest BCUT2D eigenvalue weighted by atomic mass is 32.1. The zero-order valence-corrected chi connectivity index (χ0v) is 18.5. The van der Waals surface area contributed by atoms with Crippen LogP contribution < -0.4 is 10.2 Å². The third-order valence-electron chi connectivity index (χ3n) is 5.46. The smallest absolute Gasteiger partial charge is 0.430 e. The van der Waals surface area contributed by atoms with Crippen molar-refractivity contribution in [2.75, 3.05) is 0 Å². The first kappa shape index (κ1) is 21.3. The molecule has 1 heterocycles. The number of benzene rings is 2. The molecule has 0 aliphatic rings. The lowest BCUT2D eigenvalue weighted by Gasteiger charge is -2.22. The molecule has 0 spiro atoms. The van der Waals surface area contributed by atoms with E-state index in [1.165, 1.54) is 0 Å². The second-order valence-electron chi connectivity index (χ2n) is 7.63. The van der Waals surface area contributed by atoms with Crippen LogP contribution in [0.2, 0.25) is 0 Å². The van der Waals surface area contributed by atoms with E-state index in [0.717, 1.165) is 34.2 Å². The van der Waals surface area contributed by atoms with E-state index in [-0.39, 0.29) is 17.5 Å². The third-order valence-corrected chi connectivity index (χ3v) is 6.58. The summed E-state index contributed by atoms with van der Waals surface area (Å²) in [5, 5.41) is 1.29. The average molecular weight is 413 g/mol. The summed E-state index contributed by atoms with van der Waals surface area (Å²) < 4.78 is 13.1. The van der Waals surface area contributed by atoms with Crippen molar-refractivity contribution < 1.29 is 14.3 Å². The minimum Gasteiger partial charge on any atom is -0.430 e. The topological polar surface area (TPSA) is 52.6 Å². The second-order valence-corrected chi connectivity index (χ2v) is 8.71. The van der Waals surface area contributed by atoms with E-state index >= 15 is 0 Å². The molecule has 29 heavy (non-hydrogen) atoms. The molecule has 3 aromatic rings. The Morgan fingerprint density at radius 3 is 2.55 bits per heavy atom. The van der Waals surface area contributed by atoms with Gasteiger partial charge in [-0.25, -0.2) is 4.79 Å². The van der Waals surface area contributed by atoms with Crippen LogP contribution in [0.25, 0.3) is 20.2 Å². The lowest BCUT2D eigenvalue weighted by atomic mass is 9.97. The van der Waals surface area contributed by atoms with Gasteiger partial charge in [0.25, 0.3) is 0 Å². The number of ether oxygens (including phenoxy) is 2. The third kappa shape index (κ3) is 4.30. The molecule has 0 saturated carbocycles. The minimum atomic E-state index is -0.706. The summed E-state index contributed by atoms with van der Waals surface area (Å²) in [4.78, 5) is 25.6. The quantitative estimate of drug-likeness (QED) is 0.255. The van der Waals surface area contributed by atoms with E-state index < -0.39 is 6.16 Å². The fraction of sp³-hybridized carbons (Fsp3) is 0.417. The first-order valence-corrected chi connectivity index (χ1v) is 11.0. The zero-order chi connectivity index (χ0) is 21.1. The van der Waals surface area contributed by atoms with Crippen LogP contribution in [-0.4, -0.2) is 12.3 Å². The fourth-order valence-electron chi connectivity index (χ4n) is 3.92. The lowest BCUT2D eigenvalue weighted by Crippen LogP contribution is -2.26. The molecule has 1 aromatic heterocycles. The highest BCUT2D eigenvalue weighted by molar-refractivity contribution is 7.24. The molecule has 154 valence electrons. The zero-order valence-electron chi connectivity index (χ0n) is 17.7. The SMILES string of the molecule is CCCC(C)C(CC)OC(=O)Oc1c(C)cc2sc3ccccc3c(=O)c2c1C. The van der Waals surface area contributed by atoms with Gasteiger partial charge < -0.3 is 9.47 Å². The Bertz CT molecular complexity index is 1100. The Kier molecular flexibility index (Phi) is 6.58.